The molecule has 0 amide bonds. The van der Waals surface area contributed by atoms with E-state index < -0.39 is 0 Å². The lowest BCUT2D eigenvalue weighted by molar-refractivity contribution is 0.317. The molecule has 4 N–H and O–H groups in total. The van der Waals surface area contributed by atoms with Crippen LogP contribution in [0.4, 0.5) is 5.69 Å². The zero-order valence-corrected chi connectivity index (χ0v) is 20.4. The van der Waals surface area contributed by atoms with E-state index in [0.29, 0.717) is 6.54 Å². The molecule has 0 saturated heterocycles. The molecule has 1 aromatic heterocycles. The maximum atomic E-state index is 9.20. The van der Waals surface area contributed by atoms with Crippen molar-refractivity contribution >= 4 is 24.2 Å². The van der Waals surface area contributed by atoms with Gasteiger partial charge in [0.15, 0.2) is 0 Å². The molecule has 3 aliphatic rings. The first-order valence-corrected chi connectivity index (χ1v) is 12.3. The molecule has 0 fully saturated rings. The van der Waals surface area contributed by atoms with Crippen LogP contribution in [0, 0.1) is 0 Å². The number of hydrogen-bond donors (Lipinski definition) is 4. The van der Waals surface area contributed by atoms with Gasteiger partial charge < -0.3 is 14.9 Å². The molecular formula is C25H39N3O2S. The number of oxime groups is 1. The van der Waals surface area contributed by atoms with Crippen molar-refractivity contribution in [3.05, 3.63) is 51.5 Å². The lowest BCUT2D eigenvalue weighted by atomic mass is 9.96. The van der Waals surface area contributed by atoms with Crippen molar-refractivity contribution in [2.75, 3.05) is 5.32 Å². The van der Waals surface area contributed by atoms with Crippen LogP contribution in [0.15, 0.2) is 21.7 Å². The maximum Gasteiger partial charge on any atom is 0.123 e. The van der Waals surface area contributed by atoms with E-state index in [1.165, 1.54) is 55.3 Å². The molecule has 1 heterocycles. The summed E-state index contributed by atoms with van der Waals surface area (Å²) in [6.07, 6.45) is 10.1. The van der Waals surface area contributed by atoms with Crippen molar-refractivity contribution in [2.24, 2.45) is 10.3 Å². The number of thiol groups is 1. The number of nitrogens with two attached hydrogens (primary N) is 1. The average molecular weight is 446 g/mol. The van der Waals surface area contributed by atoms with Crippen molar-refractivity contribution in [2.45, 2.75) is 92.0 Å². The molecule has 6 heteroatoms. The molecule has 0 radical (unpaired) electrons. The minimum absolute atomic E-state index is 0.703. The fourth-order valence-electron chi connectivity index (χ4n) is 4.86. The minimum atomic E-state index is 0.703. The third-order valence-corrected chi connectivity index (χ3v) is 6.02. The van der Waals surface area contributed by atoms with Crippen LogP contribution in [0.25, 0.3) is 0 Å². The van der Waals surface area contributed by atoms with E-state index in [2.05, 4.69) is 40.6 Å². The van der Waals surface area contributed by atoms with Gasteiger partial charge in [-0.05, 0) is 79.7 Å². The predicted octanol–water partition coefficient (Wildman–Crippen LogP) is 6.23. The molecule has 0 aliphatic heterocycles. The highest BCUT2D eigenvalue weighted by molar-refractivity contribution is 7.77. The molecule has 0 atom stereocenters. The van der Waals surface area contributed by atoms with Crippen LogP contribution < -0.4 is 10.5 Å². The van der Waals surface area contributed by atoms with Gasteiger partial charge in [0, 0.05) is 17.7 Å². The standard InChI is InChI=1S/C21H24N2O2.2C2H6.H3NS/c24-23-19-8-3-9-20-18(19)11-15(25-20)12-22-21-16-6-1-4-13(16)10-14-5-2-7-17(14)21;3*1-2/h10-11,22,24H,1-9,12H2;2*1-2H3;2H,1H2/b23-19+;;;. The Hall–Kier alpha value is -1.92. The Morgan fingerprint density at radius 3 is 2.06 bits per heavy atom. The van der Waals surface area contributed by atoms with Gasteiger partial charge in [0.1, 0.15) is 11.5 Å². The summed E-state index contributed by atoms with van der Waals surface area (Å²) in [7, 11) is 0. The Morgan fingerprint density at radius 2 is 1.48 bits per heavy atom. The van der Waals surface area contributed by atoms with Crippen molar-refractivity contribution in [1.29, 1.82) is 0 Å². The van der Waals surface area contributed by atoms with Crippen LogP contribution in [0.2, 0.25) is 0 Å². The molecule has 1 aromatic carbocycles. The average Bonchev–Trinajstić information content (AvgIpc) is 3.59. The number of benzene rings is 1. The Labute approximate surface area is 193 Å². The first-order chi connectivity index (χ1) is 15.3. The number of nitrogens with one attached hydrogen (secondary N) is 1. The zero-order chi connectivity index (χ0) is 22.8. The third kappa shape index (κ3) is 5.47. The number of rotatable bonds is 3. The molecule has 31 heavy (non-hydrogen) atoms. The quantitative estimate of drug-likeness (QED) is 0.256. The summed E-state index contributed by atoms with van der Waals surface area (Å²) in [6.45, 7) is 8.70. The van der Waals surface area contributed by atoms with Gasteiger partial charge >= 0.3 is 0 Å². The van der Waals surface area contributed by atoms with Crippen LogP contribution >= 0.6 is 12.8 Å². The summed E-state index contributed by atoms with van der Waals surface area (Å²) < 4.78 is 6.04. The monoisotopic (exact) mass is 445 g/mol. The summed E-state index contributed by atoms with van der Waals surface area (Å²) in [6, 6.07) is 4.52. The minimum Gasteiger partial charge on any atom is -0.463 e. The number of fused-ring (bicyclic) bond motifs is 3. The van der Waals surface area contributed by atoms with Crippen LogP contribution in [0.3, 0.4) is 0 Å². The molecule has 5 nitrogen and oxygen atoms in total. The largest absolute Gasteiger partial charge is 0.463 e. The number of furan rings is 1. The second kappa shape index (κ2) is 12.8. The Kier molecular flexibility index (Phi) is 10.5. The Bertz CT molecular complexity index is 842. The number of anilines is 1. The molecule has 5 rings (SSSR count). The van der Waals surface area contributed by atoms with Gasteiger partial charge in [-0.15, -0.1) is 12.8 Å². The van der Waals surface area contributed by atoms with Crippen molar-refractivity contribution in [3.8, 4) is 0 Å². The number of nitrogens with zero attached hydrogens (tertiary/aromatic N) is 1. The van der Waals surface area contributed by atoms with Gasteiger partial charge in [-0.25, -0.2) is 0 Å². The Morgan fingerprint density at radius 1 is 0.903 bits per heavy atom. The highest BCUT2D eigenvalue weighted by Gasteiger charge is 2.25. The van der Waals surface area contributed by atoms with E-state index in [9.17, 15) is 5.21 Å². The maximum absolute atomic E-state index is 9.20. The molecule has 172 valence electrons. The van der Waals surface area contributed by atoms with Crippen LogP contribution in [-0.2, 0) is 38.6 Å². The van der Waals surface area contributed by atoms with Crippen molar-refractivity contribution in [1.82, 2.24) is 0 Å². The molecule has 2 aromatic rings. The molecular weight excluding hydrogens is 406 g/mol. The summed E-state index contributed by atoms with van der Waals surface area (Å²) in [5, 5.41) is 20.6. The lowest BCUT2D eigenvalue weighted by Gasteiger charge is -2.16. The van der Waals surface area contributed by atoms with Gasteiger partial charge in [-0.2, -0.15) is 0 Å². The van der Waals surface area contributed by atoms with Gasteiger partial charge in [0.05, 0.1) is 12.3 Å². The fraction of sp³-hybridized carbons (Fsp3) is 0.560. The van der Waals surface area contributed by atoms with Gasteiger partial charge in [0.25, 0.3) is 0 Å². The normalized spacial score (nSPS) is 16.5. The fourth-order valence-corrected chi connectivity index (χ4v) is 4.86. The molecule has 0 unspecified atom stereocenters. The molecule has 0 spiro atoms. The van der Waals surface area contributed by atoms with Gasteiger partial charge in [-0.3, -0.25) is 5.14 Å². The zero-order valence-electron chi connectivity index (χ0n) is 19.6. The molecule has 0 saturated carbocycles. The highest BCUT2D eigenvalue weighted by atomic mass is 32.1. The van der Waals surface area contributed by atoms with Crippen LogP contribution in [0.1, 0.15) is 92.7 Å². The van der Waals surface area contributed by atoms with E-state index >= 15 is 0 Å². The first kappa shape index (κ1) is 25.3. The SMILES string of the molecule is CC.CC.NS.O/N=C1\CCCc2oc(CNc3c4c(cc5c3CCC5)CCC4)cc21. The molecule has 0 bridgehead atoms. The van der Waals surface area contributed by atoms with Crippen molar-refractivity contribution < 1.29 is 9.62 Å². The predicted molar refractivity (Wildman–Crippen MR) is 134 cm³/mol. The van der Waals surface area contributed by atoms with Gasteiger partial charge in [-0.1, -0.05) is 38.9 Å². The third-order valence-electron chi connectivity index (χ3n) is 6.02. The number of aryl methyl sites for hydroxylation is 3. The summed E-state index contributed by atoms with van der Waals surface area (Å²) in [4.78, 5) is 0. The van der Waals surface area contributed by atoms with E-state index in [4.69, 9.17) is 4.42 Å². The van der Waals surface area contributed by atoms with E-state index in [0.717, 1.165) is 42.1 Å². The van der Waals surface area contributed by atoms with Crippen molar-refractivity contribution in [3.63, 3.8) is 0 Å². The van der Waals surface area contributed by atoms with Crippen LogP contribution in [-0.4, -0.2) is 10.9 Å². The smallest absolute Gasteiger partial charge is 0.123 e. The summed E-state index contributed by atoms with van der Waals surface area (Å²) in [5.74, 6) is 1.91. The summed E-state index contributed by atoms with van der Waals surface area (Å²) in [5.41, 5.74) is 9.32. The summed E-state index contributed by atoms with van der Waals surface area (Å²) >= 11 is 3.03. The van der Waals surface area contributed by atoms with Crippen LogP contribution in [0.5, 0.6) is 0 Å². The van der Waals surface area contributed by atoms with E-state index in [-0.39, 0.29) is 0 Å². The Balaban J connectivity index is 0.000000527. The number of hydrogen-bond acceptors (Lipinski definition) is 6. The molecule has 3 aliphatic carbocycles. The van der Waals surface area contributed by atoms with E-state index in [1.807, 2.05) is 27.7 Å². The van der Waals surface area contributed by atoms with E-state index in [1.54, 1.807) is 11.1 Å². The first-order valence-electron chi connectivity index (χ1n) is 11.8. The second-order valence-electron chi connectivity index (χ2n) is 7.54. The lowest BCUT2D eigenvalue weighted by Crippen LogP contribution is -2.09. The van der Waals surface area contributed by atoms with Gasteiger partial charge in [0.2, 0.25) is 0 Å². The highest BCUT2D eigenvalue weighted by Crippen LogP contribution is 2.39. The topological polar surface area (TPSA) is 83.8 Å². The second-order valence-corrected chi connectivity index (χ2v) is 7.54.